The third-order valence-electron chi connectivity index (χ3n) is 3.02. The molecule has 1 nitrogen and oxygen atoms in total. The Balaban J connectivity index is 2.31. The predicted octanol–water partition coefficient (Wildman–Crippen LogP) is 3.35. The number of aryl methyl sites for hydroxylation is 1. The quantitative estimate of drug-likeness (QED) is 0.688. The molecule has 15 heavy (non-hydrogen) atoms. The Kier molecular flexibility index (Phi) is 5.41. The highest BCUT2D eigenvalue weighted by Gasteiger charge is 2.07. The van der Waals surface area contributed by atoms with Crippen molar-refractivity contribution < 1.29 is 0 Å². The zero-order chi connectivity index (χ0) is 11.1. The Labute approximate surface area is 94.1 Å². The fourth-order valence-corrected chi connectivity index (χ4v) is 1.81. The minimum absolute atomic E-state index is 0.685. The van der Waals surface area contributed by atoms with Crippen LogP contribution in [0.4, 0.5) is 0 Å². The van der Waals surface area contributed by atoms with Crippen molar-refractivity contribution in [2.45, 2.75) is 39.2 Å². The third-order valence-corrected chi connectivity index (χ3v) is 3.02. The molecule has 1 heteroatoms. The fraction of sp³-hybridized carbons (Fsp3) is 0.571. The lowest BCUT2D eigenvalue weighted by Gasteiger charge is -2.24. The molecular weight excluding hydrogens is 182 g/mol. The maximum Gasteiger partial charge on any atom is 0.00670 e. The SMILES string of the molecule is CCCN(C)C(C)CCc1ccccc1. The van der Waals surface area contributed by atoms with Crippen LogP contribution in [0.25, 0.3) is 0 Å². The molecule has 0 N–H and O–H groups in total. The van der Waals surface area contributed by atoms with Gasteiger partial charge in [0.15, 0.2) is 0 Å². The van der Waals surface area contributed by atoms with Crippen LogP contribution in [0.15, 0.2) is 30.3 Å². The molecule has 0 radical (unpaired) electrons. The minimum atomic E-state index is 0.685. The van der Waals surface area contributed by atoms with E-state index in [0.29, 0.717) is 6.04 Å². The molecule has 0 aromatic heterocycles. The van der Waals surface area contributed by atoms with Crippen molar-refractivity contribution in [2.24, 2.45) is 0 Å². The first-order chi connectivity index (χ1) is 7.24. The van der Waals surface area contributed by atoms with E-state index >= 15 is 0 Å². The average Bonchev–Trinajstić information content (AvgIpc) is 2.27. The van der Waals surface area contributed by atoms with Gasteiger partial charge in [0.05, 0.1) is 0 Å². The second-order valence-electron chi connectivity index (χ2n) is 4.35. The zero-order valence-electron chi connectivity index (χ0n) is 10.2. The van der Waals surface area contributed by atoms with E-state index in [0.717, 1.165) is 0 Å². The molecule has 0 bridgehead atoms. The van der Waals surface area contributed by atoms with E-state index in [1.807, 2.05) is 0 Å². The van der Waals surface area contributed by atoms with Gasteiger partial charge in [-0.05, 0) is 45.3 Å². The first kappa shape index (κ1) is 12.3. The lowest BCUT2D eigenvalue weighted by atomic mass is 10.1. The molecule has 0 aliphatic heterocycles. The van der Waals surface area contributed by atoms with Crippen molar-refractivity contribution in [3.8, 4) is 0 Å². The molecule has 0 aliphatic rings. The molecule has 1 aromatic carbocycles. The molecular formula is C14H23N. The Morgan fingerprint density at radius 2 is 1.87 bits per heavy atom. The van der Waals surface area contributed by atoms with Crippen molar-refractivity contribution in [3.05, 3.63) is 35.9 Å². The van der Waals surface area contributed by atoms with Gasteiger partial charge in [-0.1, -0.05) is 37.3 Å². The number of benzene rings is 1. The molecule has 0 heterocycles. The Morgan fingerprint density at radius 3 is 2.47 bits per heavy atom. The van der Waals surface area contributed by atoms with Crippen molar-refractivity contribution in [1.29, 1.82) is 0 Å². The van der Waals surface area contributed by atoms with Crippen LogP contribution in [0.5, 0.6) is 0 Å². The van der Waals surface area contributed by atoms with Crippen LogP contribution in [-0.2, 0) is 6.42 Å². The van der Waals surface area contributed by atoms with Crippen LogP contribution in [0.3, 0.4) is 0 Å². The van der Waals surface area contributed by atoms with Gasteiger partial charge >= 0.3 is 0 Å². The second-order valence-corrected chi connectivity index (χ2v) is 4.35. The summed E-state index contributed by atoms with van der Waals surface area (Å²) in [6.07, 6.45) is 3.68. The lowest BCUT2D eigenvalue weighted by molar-refractivity contribution is 0.247. The largest absolute Gasteiger partial charge is 0.304 e. The molecule has 0 aliphatic carbocycles. The molecule has 0 saturated heterocycles. The fourth-order valence-electron chi connectivity index (χ4n) is 1.81. The molecule has 1 aromatic rings. The van der Waals surface area contributed by atoms with Crippen molar-refractivity contribution in [1.82, 2.24) is 4.90 Å². The van der Waals surface area contributed by atoms with Gasteiger partial charge in [0.25, 0.3) is 0 Å². The summed E-state index contributed by atoms with van der Waals surface area (Å²) in [4.78, 5) is 2.45. The summed E-state index contributed by atoms with van der Waals surface area (Å²) in [6, 6.07) is 11.4. The molecule has 1 rings (SSSR count). The highest BCUT2D eigenvalue weighted by Crippen LogP contribution is 2.08. The Bertz CT molecular complexity index is 255. The molecule has 0 fully saturated rings. The summed E-state index contributed by atoms with van der Waals surface area (Å²) in [7, 11) is 2.22. The van der Waals surface area contributed by atoms with E-state index in [1.165, 1.54) is 31.4 Å². The van der Waals surface area contributed by atoms with Gasteiger partial charge in [0.2, 0.25) is 0 Å². The number of nitrogens with zero attached hydrogens (tertiary/aromatic N) is 1. The minimum Gasteiger partial charge on any atom is -0.304 e. The van der Waals surface area contributed by atoms with Crippen LogP contribution >= 0.6 is 0 Å². The summed E-state index contributed by atoms with van der Waals surface area (Å²) < 4.78 is 0. The van der Waals surface area contributed by atoms with Crippen LogP contribution in [0.2, 0.25) is 0 Å². The summed E-state index contributed by atoms with van der Waals surface area (Å²) in [5.41, 5.74) is 1.45. The third kappa shape index (κ3) is 4.48. The summed E-state index contributed by atoms with van der Waals surface area (Å²) in [5.74, 6) is 0. The molecule has 1 atom stereocenters. The van der Waals surface area contributed by atoms with E-state index in [-0.39, 0.29) is 0 Å². The molecule has 1 unspecified atom stereocenters. The van der Waals surface area contributed by atoms with E-state index in [2.05, 4.69) is 56.1 Å². The van der Waals surface area contributed by atoms with Gasteiger partial charge in [0.1, 0.15) is 0 Å². The number of rotatable bonds is 6. The van der Waals surface area contributed by atoms with Crippen LogP contribution in [0.1, 0.15) is 32.3 Å². The Morgan fingerprint density at radius 1 is 1.20 bits per heavy atom. The van der Waals surface area contributed by atoms with Crippen molar-refractivity contribution in [3.63, 3.8) is 0 Å². The first-order valence-corrected chi connectivity index (χ1v) is 5.98. The van der Waals surface area contributed by atoms with E-state index in [1.54, 1.807) is 0 Å². The average molecular weight is 205 g/mol. The van der Waals surface area contributed by atoms with E-state index < -0.39 is 0 Å². The molecule has 0 amide bonds. The standard InChI is InChI=1S/C14H23N/c1-4-12-15(3)13(2)10-11-14-8-6-5-7-9-14/h5-9,13H,4,10-12H2,1-3H3. The zero-order valence-corrected chi connectivity index (χ0v) is 10.2. The predicted molar refractivity (Wildman–Crippen MR) is 67.1 cm³/mol. The number of hydrogen-bond donors (Lipinski definition) is 0. The van der Waals surface area contributed by atoms with Crippen molar-refractivity contribution >= 4 is 0 Å². The van der Waals surface area contributed by atoms with Crippen LogP contribution in [0, 0.1) is 0 Å². The maximum absolute atomic E-state index is 2.45. The maximum atomic E-state index is 2.45. The number of hydrogen-bond acceptors (Lipinski definition) is 1. The van der Waals surface area contributed by atoms with Gasteiger partial charge in [-0.2, -0.15) is 0 Å². The van der Waals surface area contributed by atoms with Crippen LogP contribution in [-0.4, -0.2) is 24.5 Å². The van der Waals surface area contributed by atoms with Gasteiger partial charge in [0, 0.05) is 6.04 Å². The van der Waals surface area contributed by atoms with Crippen LogP contribution < -0.4 is 0 Å². The second kappa shape index (κ2) is 6.62. The summed E-state index contributed by atoms with van der Waals surface area (Å²) in [5, 5.41) is 0. The molecule has 0 spiro atoms. The van der Waals surface area contributed by atoms with Gasteiger partial charge < -0.3 is 4.90 Å². The van der Waals surface area contributed by atoms with Gasteiger partial charge in [-0.3, -0.25) is 0 Å². The normalized spacial score (nSPS) is 13.1. The summed E-state index contributed by atoms with van der Waals surface area (Å²) in [6.45, 7) is 5.76. The Hall–Kier alpha value is -0.820. The van der Waals surface area contributed by atoms with E-state index in [9.17, 15) is 0 Å². The monoisotopic (exact) mass is 205 g/mol. The topological polar surface area (TPSA) is 3.24 Å². The molecule has 84 valence electrons. The highest BCUT2D eigenvalue weighted by atomic mass is 15.1. The highest BCUT2D eigenvalue weighted by molar-refractivity contribution is 5.14. The smallest absolute Gasteiger partial charge is 0.00670 e. The molecule has 0 saturated carbocycles. The lowest BCUT2D eigenvalue weighted by Crippen LogP contribution is -2.30. The van der Waals surface area contributed by atoms with E-state index in [4.69, 9.17) is 0 Å². The van der Waals surface area contributed by atoms with Gasteiger partial charge in [-0.25, -0.2) is 0 Å². The van der Waals surface area contributed by atoms with Crippen molar-refractivity contribution in [2.75, 3.05) is 13.6 Å². The van der Waals surface area contributed by atoms with Gasteiger partial charge in [-0.15, -0.1) is 0 Å². The summed E-state index contributed by atoms with van der Waals surface area (Å²) >= 11 is 0. The first-order valence-electron chi connectivity index (χ1n) is 5.98.